The molecule has 1 aliphatic rings. The van der Waals surface area contributed by atoms with E-state index in [1.54, 1.807) is 0 Å². The van der Waals surface area contributed by atoms with Crippen LogP contribution in [0.1, 0.15) is 5.56 Å². The van der Waals surface area contributed by atoms with Crippen LogP contribution in [0.25, 0.3) is 0 Å². The standard InChI is InChI=1S/C8H9NO.C7H16N2O/c1-7-2-4-8(5-3-7)9-6-10;1-8-2-3-9-4-6-10-7-5-9/h2-6H,1H3,(H,9,10);8H,2-7H2,1H3. The first-order valence-electron chi connectivity index (χ1n) is 6.98. The Kier molecular flexibility index (Phi) is 8.62. The van der Waals surface area contributed by atoms with Crippen molar-refractivity contribution in [3.63, 3.8) is 0 Å². The summed E-state index contributed by atoms with van der Waals surface area (Å²) in [7, 11) is 1.99. The predicted molar refractivity (Wildman–Crippen MR) is 82.1 cm³/mol. The fourth-order valence-electron chi connectivity index (χ4n) is 1.81. The van der Waals surface area contributed by atoms with Gasteiger partial charge in [0, 0.05) is 31.9 Å². The average molecular weight is 279 g/mol. The number of nitrogens with one attached hydrogen (secondary N) is 2. The molecule has 0 aromatic heterocycles. The maximum atomic E-state index is 9.95. The molecule has 1 aromatic rings. The van der Waals surface area contributed by atoms with Gasteiger partial charge in [-0.3, -0.25) is 9.69 Å². The van der Waals surface area contributed by atoms with Crippen molar-refractivity contribution in [2.75, 3.05) is 51.8 Å². The van der Waals surface area contributed by atoms with Crippen LogP contribution < -0.4 is 10.6 Å². The van der Waals surface area contributed by atoms with E-state index >= 15 is 0 Å². The highest BCUT2D eigenvalue weighted by atomic mass is 16.5. The number of carbonyl (C=O) groups is 1. The average Bonchev–Trinajstić information content (AvgIpc) is 2.49. The van der Waals surface area contributed by atoms with Crippen LogP contribution in [0.4, 0.5) is 5.69 Å². The van der Waals surface area contributed by atoms with E-state index in [1.165, 1.54) is 5.56 Å². The van der Waals surface area contributed by atoms with Gasteiger partial charge >= 0.3 is 0 Å². The second kappa shape index (κ2) is 10.4. The third-order valence-electron chi connectivity index (χ3n) is 3.06. The Hall–Kier alpha value is -1.43. The van der Waals surface area contributed by atoms with E-state index in [1.807, 2.05) is 38.2 Å². The molecule has 112 valence electrons. The summed E-state index contributed by atoms with van der Waals surface area (Å²) in [5.74, 6) is 0. The molecule has 1 aliphatic heterocycles. The number of hydrogen-bond donors (Lipinski definition) is 2. The maximum absolute atomic E-state index is 9.95. The van der Waals surface area contributed by atoms with E-state index in [0.717, 1.165) is 45.1 Å². The van der Waals surface area contributed by atoms with E-state index in [-0.39, 0.29) is 0 Å². The second-order valence-corrected chi connectivity index (χ2v) is 4.69. The molecule has 1 heterocycles. The van der Waals surface area contributed by atoms with E-state index < -0.39 is 0 Å². The first kappa shape index (κ1) is 16.6. The molecule has 2 rings (SSSR count). The van der Waals surface area contributed by atoms with Crippen LogP contribution in [0.5, 0.6) is 0 Å². The summed E-state index contributed by atoms with van der Waals surface area (Å²) in [6, 6.07) is 7.63. The summed E-state index contributed by atoms with van der Waals surface area (Å²) in [4.78, 5) is 12.4. The second-order valence-electron chi connectivity index (χ2n) is 4.69. The van der Waals surface area contributed by atoms with Crippen molar-refractivity contribution in [3.8, 4) is 0 Å². The molecule has 0 unspecified atom stereocenters. The Bertz CT molecular complexity index is 362. The molecule has 1 fully saturated rings. The molecule has 0 radical (unpaired) electrons. The minimum absolute atomic E-state index is 0.671. The molecule has 1 saturated heterocycles. The molecule has 0 spiro atoms. The van der Waals surface area contributed by atoms with E-state index in [0.29, 0.717) is 6.41 Å². The number of likely N-dealkylation sites (N-methyl/N-ethyl adjacent to an activating group) is 1. The molecule has 5 nitrogen and oxygen atoms in total. The summed E-state index contributed by atoms with van der Waals surface area (Å²) in [5, 5.41) is 5.69. The van der Waals surface area contributed by atoms with Crippen LogP contribution in [-0.4, -0.2) is 57.8 Å². The number of carbonyl (C=O) groups excluding carboxylic acids is 1. The highest BCUT2D eigenvalue weighted by Crippen LogP contribution is 2.06. The lowest BCUT2D eigenvalue weighted by molar-refractivity contribution is -0.105. The topological polar surface area (TPSA) is 53.6 Å². The van der Waals surface area contributed by atoms with Gasteiger partial charge in [-0.25, -0.2) is 0 Å². The molecule has 0 bridgehead atoms. The SMILES string of the molecule is CNCCN1CCOCC1.Cc1ccc(NC=O)cc1. The zero-order valence-electron chi connectivity index (χ0n) is 12.4. The third kappa shape index (κ3) is 7.23. The van der Waals surface area contributed by atoms with E-state index in [2.05, 4.69) is 15.5 Å². The van der Waals surface area contributed by atoms with Gasteiger partial charge in [0.1, 0.15) is 0 Å². The Morgan fingerprint density at radius 1 is 1.25 bits per heavy atom. The van der Waals surface area contributed by atoms with Crippen molar-refractivity contribution in [3.05, 3.63) is 29.8 Å². The molecule has 5 heteroatoms. The Balaban J connectivity index is 0.000000200. The van der Waals surface area contributed by atoms with Crippen molar-refractivity contribution in [2.24, 2.45) is 0 Å². The minimum atomic E-state index is 0.671. The number of ether oxygens (including phenoxy) is 1. The predicted octanol–water partition coefficient (Wildman–Crippen LogP) is 1.10. The summed E-state index contributed by atoms with van der Waals surface area (Å²) in [5.41, 5.74) is 2.03. The van der Waals surface area contributed by atoms with Crippen LogP contribution in [0.3, 0.4) is 0 Å². The van der Waals surface area contributed by atoms with Gasteiger partial charge in [-0.05, 0) is 26.1 Å². The zero-order chi connectivity index (χ0) is 14.6. The Labute approximate surface area is 121 Å². The number of aryl methyl sites for hydroxylation is 1. The summed E-state index contributed by atoms with van der Waals surface area (Å²) >= 11 is 0. The van der Waals surface area contributed by atoms with Gasteiger partial charge in [-0.15, -0.1) is 0 Å². The van der Waals surface area contributed by atoms with Crippen LogP contribution in [0.15, 0.2) is 24.3 Å². The van der Waals surface area contributed by atoms with Gasteiger partial charge in [0.05, 0.1) is 13.2 Å². The fourth-order valence-corrected chi connectivity index (χ4v) is 1.81. The highest BCUT2D eigenvalue weighted by molar-refractivity contribution is 5.70. The number of nitrogens with zero attached hydrogens (tertiary/aromatic N) is 1. The fraction of sp³-hybridized carbons (Fsp3) is 0.533. The summed E-state index contributed by atoms with van der Waals surface area (Å²) in [6.07, 6.45) is 0.671. The lowest BCUT2D eigenvalue weighted by atomic mass is 10.2. The third-order valence-corrected chi connectivity index (χ3v) is 3.06. The van der Waals surface area contributed by atoms with Gasteiger partial charge < -0.3 is 15.4 Å². The smallest absolute Gasteiger partial charge is 0.211 e. The first-order chi connectivity index (χ1) is 9.76. The zero-order valence-corrected chi connectivity index (χ0v) is 12.4. The Morgan fingerprint density at radius 3 is 2.45 bits per heavy atom. The summed E-state index contributed by atoms with van der Waals surface area (Å²) < 4.78 is 5.22. The van der Waals surface area contributed by atoms with Crippen LogP contribution >= 0.6 is 0 Å². The molecule has 2 N–H and O–H groups in total. The van der Waals surface area contributed by atoms with Crippen LogP contribution in [0.2, 0.25) is 0 Å². The van der Waals surface area contributed by atoms with Gasteiger partial charge in [-0.2, -0.15) is 0 Å². The largest absolute Gasteiger partial charge is 0.379 e. The van der Waals surface area contributed by atoms with Crippen molar-refractivity contribution in [1.29, 1.82) is 0 Å². The van der Waals surface area contributed by atoms with E-state index in [9.17, 15) is 4.79 Å². The van der Waals surface area contributed by atoms with Crippen LogP contribution in [-0.2, 0) is 9.53 Å². The number of morpholine rings is 1. The monoisotopic (exact) mass is 279 g/mol. The van der Waals surface area contributed by atoms with E-state index in [4.69, 9.17) is 4.74 Å². The van der Waals surface area contributed by atoms with Crippen molar-refractivity contribution in [2.45, 2.75) is 6.92 Å². The minimum Gasteiger partial charge on any atom is -0.379 e. The van der Waals surface area contributed by atoms with Crippen molar-refractivity contribution in [1.82, 2.24) is 10.2 Å². The quantitative estimate of drug-likeness (QED) is 0.793. The first-order valence-corrected chi connectivity index (χ1v) is 6.98. The number of rotatable bonds is 5. The molecule has 20 heavy (non-hydrogen) atoms. The maximum Gasteiger partial charge on any atom is 0.211 e. The number of benzene rings is 1. The molecule has 1 aromatic carbocycles. The van der Waals surface area contributed by atoms with Crippen LogP contribution in [0, 0.1) is 6.92 Å². The summed E-state index contributed by atoms with van der Waals surface area (Å²) in [6.45, 7) is 8.25. The number of hydrogen-bond acceptors (Lipinski definition) is 4. The van der Waals surface area contributed by atoms with Crippen molar-refractivity contribution >= 4 is 12.1 Å². The van der Waals surface area contributed by atoms with Crippen molar-refractivity contribution < 1.29 is 9.53 Å². The molecule has 0 saturated carbocycles. The number of anilines is 1. The van der Waals surface area contributed by atoms with Gasteiger partial charge in [0.15, 0.2) is 0 Å². The lowest BCUT2D eigenvalue weighted by Crippen LogP contribution is -2.39. The van der Waals surface area contributed by atoms with Gasteiger partial charge in [0.25, 0.3) is 0 Å². The molecule has 0 atom stereocenters. The lowest BCUT2D eigenvalue weighted by Gasteiger charge is -2.26. The van der Waals surface area contributed by atoms with Gasteiger partial charge in [-0.1, -0.05) is 17.7 Å². The number of amides is 1. The highest BCUT2D eigenvalue weighted by Gasteiger charge is 2.07. The molecule has 1 amide bonds. The molecular weight excluding hydrogens is 254 g/mol. The van der Waals surface area contributed by atoms with Gasteiger partial charge in [0.2, 0.25) is 6.41 Å². The Morgan fingerprint density at radius 2 is 1.90 bits per heavy atom. The molecular formula is C15H25N3O2. The normalized spacial score (nSPS) is 15.1. The molecule has 0 aliphatic carbocycles.